The molecule has 1 saturated heterocycles. The Morgan fingerprint density at radius 3 is 2.91 bits per heavy atom. The second kappa shape index (κ2) is 6.26. The van der Waals surface area contributed by atoms with Gasteiger partial charge in [-0.05, 0) is 41.9 Å². The Morgan fingerprint density at radius 1 is 1.45 bits per heavy atom. The van der Waals surface area contributed by atoms with Crippen LogP contribution in [0, 0.1) is 0 Å². The van der Waals surface area contributed by atoms with Crippen molar-refractivity contribution in [2.45, 2.75) is 32.5 Å². The van der Waals surface area contributed by atoms with E-state index in [1.165, 1.54) is 0 Å². The maximum Gasteiger partial charge on any atom is 0.273 e. The number of amides is 1. The SMILES string of the molecule is C[C@@H]1CN(C(=O)c2[nH]ncc2Br)[C@H](C)CN1Cc1ccco1. The van der Waals surface area contributed by atoms with Crippen LogP contribution < -0.4 is 0 Å². The maximum atomic E-state index is 12.6. The topological polar surface area (TPSA) is 65.4 Å². The first-order chi connectivity index (χ1) is 10.6. The Balaban J connectivity index is 1.70. The fraction of sp³-hybridized carbons (Fsp3) is 0.467. The Hall–Kier alpha value is -1.60. The largest absolute Gasteiger partial charge is 0.468 e. The Morgan fingerprint density at radius 2 is 2.27 bits per heavy atom. The molecule has 3 heterocycles. The second-order valence-electron chi connectivity index (χ2n) is 5.76. The van der Waals surface area contributed by atoms with E-state index < -0.39 is 0 Å². The van der Waals surface area contributed by atoms with Gasteiger partial charge in [0.05, 0.1) is 23.5 Å². The van der Waals surface area contributed by atoms with E-state index in [9.17, 15) is 4.79 Å². The summed E-state index contributed by atoms with van der Waals surface area (Å²) in [6, 6.07) is 4.29. The average Bonchev–Trinajstić information content (AvgIpc) is 3.13. The number of hydrogen-bond acceptors (Lipinski definition) is 4. The van der Waals surface area contributed by atoms with Gasteiger partial charge in [-0.25, -0.2) is 0 Å². The van der Waals surface area contributed by atoms with Crippen LogP contribution in [0.1, 0.15) is 30.1 Å². The summed E-state index contributed by atoms with van der Waals surface area (Å²) in [5.74, 6) is 0.941. The molecule has 1 amide bonds. The zero-order valence-electron chi connectivity index (χ0n) is 12.6. The van der Waals surface area contributed by atoms with Gasteiger partial charge in [-0.2, -0.15) is 5.10 Å². The normalized spacial score (nSPS) is 23.0. The highest BCUT2D eigenvalue weighted by atomic mass is 79.9. The van der Waals surface area contributed by atoms with Gasteiger partial charge >= 0.3 is 0 Å². The van der Waals surface area contributed by atoms with Crippen LogP contribution in [0.3, 0.4) is 0 Å². The third kappa shape index (κ3) is 2.96. The molecule has 0 aromatic carbocycles. The molecular weight excluding hydrogens is 348 g/mol. The van der Waals surface area contributed by atoms with Crippen LogP contribution in [-0.4, -0.2) is 51.1 Å². The molecule has 1 N–H and O–H groups in total. The molecule has 1 fully saturated rings. The predicted molar refractivity (Wildman–Crippen MR) is 85.4 cm³/mol. The van der Waals surface area contributed by atoms with Crippen LogP contribution in [0.4, 0.5) is 0 Å². The van der Waals surface area contributed by atoms with E-state index in [1.807, 2.05) is 17.0 Å². The van der Waals surface area contributed by atoms with E-state index in [0.29, 0.717) is 16.7 Å². The molecule has 0 spiro atoms. The number of carbonyl (C=O) groups excluding carboxylic acids is 1. The molecule has 0 radical (unpaired) electrons. The van der Waals surface area contributed by atoms with Gasteiger partial charge in [-0.3, -0.25) is 14.8 Å². The van der Waals surface area contributed by atoms with Crippen molar-refractivity contribution in [2.75, 3.05) is 13.1 Å². The molecule has 1 aliphatic heterocycles. The molecule has 118 valence electrons. The van der Waals surface area contributed by atoms with Crippen molar-refractivity contribution in [1.82, 2.24) is 20.0 Å². The molecule has 0 saturated carbocycles. The summed E-state index contributed by atoms with van der Waals surface area (Å²) < 4.78 is 6.13. The highest BCUT2D eigenvalue weighted by Crippen LogP contribution is 2.22. The third-order valence-corrected chi connectivity index (χ3v) is 4.72. The van der Waals surface area contributed by atoms with Crippen molar-refractivity contribution in [3.05, 3.63) is 40.5 Å². The molecule has 2 atom stereocenters. The minimum Gasteiger partial charge on any atom is -0.468 e. The first kappa shape index (κ1) is 15.3. The number of furan rings is 1. The van der Waals surface area contributed by atoms with Gasteiger partial charge in [0.2, 0.25) is 0 Å². The van der Waals surface area contributed by atoms with Crippen LogP contribution in [-0.2, 0) is 6.54 Å². The molecule has 3 rings (SSSR count). The molecule has 0 unspecified atom stereocenters. The molecule has 2 aromatic rings. The number of halogens is 1. The molecule has 6 nitrogen and oxygen atoms in total. The van der Waals surface area contributed by atoms with Gasteiger partial charge in [0, 0.05) is 25.2 Å². The summed E-state index contributed by atoms with van der Waals surface area (Å²) in [5.41, 5.74) is 0.513. The molecule has 0 aliphatic carbocycles. The van der Waals surface area contributed by atoms with E-state index in [1.54, 1.807) is 12.5 Å². The fourth-order valence-electron chi connectivity index (χ4n) is 2.87. The Kier molecular flexibility index (Phi) is 4.35. The quantitative estimate of drug-likeness (QED) is 0.906. The molecule has 2 aromatic heterocycles. The van der Waals surface area contributed by atoms with E-state index in [4.69, 9.17) is 4.42 Å². The van der Waals surface area contributed by atoms with Crippen LogP contribution in [0.2, 0.25) is 0 Å². The summed E-state index contributed by atoms with van der Waals surface area (Å²) in [4.78, 5) is 16.9. The summed E-state index contributed by atoms with van der Waals surface area (Å²) >= 11 is 3.36. The number of aromatic nitrogens is 2. The zero-order valence-corrected chi connectivity index (χ0v) is 14.2. The van der Waals surface area contributed by atoms with Crippen molar-refractivity contribution < 1.29 is 9.21 Å². The number of rotatable bonds is 3. The minimum atomic E-state index is -0.0126. The average molecular weight is 367 g/mol. The molecule has 7 heteroatoms. The summed E-state index contributed by atoms with van der Waals surface area (Å²) in [7, 11) is 0. The van der Waals surface area contributed by atoms with E-state index >= 15 is 0 Å². The Bertz CT molecular complexity index is 640. The lowest BCUT2D eigenvalue weighted by atomic mass is 10.1. The van der Waals surface area contributed by atoms with Crippen LogP contribution >= 0.6 is 15.9 Å². The van der Waals surface area contributed by atoms with E-state index in [0.717, 1.165) is 18.8 Å². The predicted octanol–water partition coefficient (Wildman–Crippen LogP) is 2.50. The highest BCUT2D eigenvalue weighted by molar-refractivity contribution is 9.10. The summed E-state index contributed by atoms with van der Waals surface area (Å²) in [6.07, 6.45) is 3.30. The van der Waals surface area contributed by atoms with E-state index in [2.05, 4.69) is 44.9 Å². The van der Waals surface area contributed by atoms with Crippen LogP contribution in [0.15, 0.2) is 33.5 Å². The van der Waals surface area contributed by atoms with Crippen LogP contribution in [0.25, 0.3) is 0 Å². The van der Waals surface area contributed by atoms with Crippen molar-refractivity contribution in [2.24, 2.45) is 0 Å². The second-order valence-corrected chi connectivity index (χ2v) is 6.61. The highest BCUT2D eigenvalue weighted by Gasteiger charge is 2.33. The first-order valence-corrected chi connectivity index (χ1v) is 8.12. The van der Waals surface area contributed by atoms with Gasteiger partial charge in [0.15, 0.2) is 0 Å². The van der Waals surface area contributed by atoms with Crippen molar-refractivity contribution in [3.8, 4) is 0 Å². The number of nitrogens with one attached hydrogen (secondary N) is 1. The number of carbonyl (C=O) groups is 1. The minimum absolute atomic E-state index is 0.0126. The summed E-state index contributed by atoms with van der Waals surface area (Å²) in [6.45, 7) is 6.49. The Labute approximate surface area is 137 Å². The lowest BCUT2D eigenvalue weighted by Crippen LogP contribution is -2.57. The van der Waals surface area contributed by atoms with Gasteiger partial charge in [-0.1, -0.05) is 0 Å². The maximum absolute atomic E-state index is 12.6. The number of H-pyrrole nitrogens is 1. The number of aromatic amines is 1. The van der Waals surface area contributed by atoms with E-state index in [-0.39, 0.29) is 18.0 Å². The summed E-state index contributed by atoms with van der Waals surface area (Å²) in [5, 5.41) is 6.67. The monoisotopic (exact) mass is 366 g/mol. The van der Waals surface area contributed by atoms with Crippen molar-refractivity contribution >= 4 is 21.8 Å². The van der Waals surface area contributed by atoms with Crippen molar-refractivity contribution in [3.63, 3.8) is 0 Å². The number of hydrogen-bond donors (Lipinski definition) is 1. The van der Waals surface area contributed by atoms with Gasteiger partial charge in [0.1, 0.15) is 11.5 Å². The molecule has 22 heavy (non-hydrogen) atoms. The molecular formula is C15H19BrN4O2. The molecule has 0 bridgehead atoms. The van der Waals surface area contributed by atoms with Gasteiger partial charge < -0.3 is 9.32 Å². The first-order valence-electron chi connectivity index (χ1n) is 7.32. The number of nitrogens with zero attached hydrogens (tertiary/aromatic N) is 3. The third-order valence-electron chi connectivity index (χ3n) is 4.12. The van der Waals surface area contributed by atoms with Crippen LogP contribution in [0.5, 0.6) is 0 Å². The fourth-order valence-corrected chi connectivity index (χ4v) is 3.23. The van der Waals surface area contributed by atoms with Gasteiger partial charge in [-0.15, -0.1) is 0 Å². The number of piperazine rings is 1. The zero-order chi connectivity index (χ0) is 15.7. The van der Waals surface area contributed by atoms with Crippen molar-refractivity contribution in [1.29, 1.82) is 0 Å². The molecule has 1 aliphatic rings. The standard InChI is InChI=1S/C15H19BrN4O2/c1-10-8-20(15(21)14-13(16)6-17-18-14)11(2)7-19(10)9-12-4-3-5-22-12/h3-6,10-11H,7-9H2,1-2H3,(H,17,18)/t10-,11-/m1/s1. The lowest BCUT2D eigenvalue weighted by Gasteiger charge is -2.43. The smallest absolute Gasteiger partial charge is 0.273 e. The van der Waals surface area contributed by atoms with Gasteiger partial charge in [0.25, 0.3) is 5.91 Å². The lowest BCUT2D eigenvalue weighted by molar-refractivity contribution is 0.0265.